The number of nitrogens with one attached hydrogen (secondary N) is 3. The monoisotopic (exact) mass is 355 g/mol. The standard InChI is InChI=1S/C20H25N3O3/c1-4-19(24)22-16-8-7-15(3)18(13-16)23-20(25)21-11-12-26-17-9-5-14(2)6-10-17/h5-10,13H,4,11-12H2,1-3H3,(H,22,24)(H2,21,23,25). The van der Waals surface area contributed by atoms with Crippen LogP contribution in [0.3, 0.4) is 0 Å². The molecule has 3 amide bonds. The first-order valence-electron chi connectivity index (χ1n) is 8.62. The van der Waals surface area contributed by atoms with Gasteiger partial charge in [-0.25, -0.2) is 4.79 Å². The molecule has 2 aromatic rings. The summed E-state index contributed by atoms with van der Waals surface area (Å²) in [5.41, 5.74) is 3.38. The Hall–Kier alpha value is -3.02. The van der Waals surface area contributed by atoms with Gasteiger partial charge in [0.1, 0.15) is 12.4 Å². The second kappa shape index (κ2) is 9.46. The molecule has 0 saturated carbocycles. The molecule has 0 heterocycles. The Morgan fingerprint density at radius 1 is 1.00 bits per heavy atom. The van der Waals surface area contributed by atoms with Gasteiger partial charge in [0.15, 0.2) is 0 Å². The lowest BCUT2D eigenvalue weighted by atomic mass is 10.2. The number of carbonyl (C=O) groups is 2. The van der Waals surface area contributed by atoms with Crippen molar-refractivity contribution in [2.24, 2.45) is 0 Å². The van der Waals surface area contributed by atoms with Gasteiger partial charge in [-0.15, -0.1) is 0 Å². The molecule has 2 aromatic carbocycles. The van der Waals surface area contributed by atoms with Gasteiger partial charge in [-0.3, -0.25) is 4.79 Å². The number of anilines is 2. The van der Waals surface area contributed by atoms with Crippen LogP contribution in [0, 0.1) is 13.8 Å². The summed E-state index contributed by atoms with van der Waals surface area (Å²) in [5.74, 6) is 0.700. The molecule has 0 aromatic heterocycles. The highest BCUT2D eigenvalue weighted by Crippen LogP contribution is 2.20. The molecule has 0 fully saturated rings. The zero-order valence-electron chi connectivity index (χ0n) is 15.4. The molecule has 6 heteroatoms. The topological polar surface area (TPSA) is 79.5 Å². The molecule has 0 spiro atoms. The number of rotatable bonds is 7. The van der Waals surface area contributed by atoms with E-state index >= 15 is 0 Å². The predicted molar refractivity (Wildman–Crippen MR) is 104 cm³/mol. The molecule has 0 unspecified atom stereocenters. The molecule has 138 valence electrons. The Balaban J connectivity index is 1.80. The van der Waals surface area contributed by atoms with E-state index in [0.29, 0.717) is 30.9 Å². The van der Waals surface area contributed by atoms with Crippen molar-refractivity contribution in [3.8, 4) is 5.75 Å². The average Bonchev–Trinajstić information content (AvgIpc) is 2.63. The molecule has 0 bridgehead atoms. The fraction of sp³-hybridized carbons (Fsp3) is 0.300. The lowest BCUT2D eigenvalue weighted by Crippen LogP contribution is -2.32. The zero-order valence-corrected chi connectivity index (χ0v) is 15.4. The van der Waals surface area contributed by atoms with Gasteiger partial charge in [0.2, 0.25) is 5.91 Å². The Morgan fingerprint density at radius 3 is 2.42 bits per heavy atom. The van der Waals surface area contributed by atoms with E-state index in [4.69, 9.17) is 4.74 Å². The van der Waals surface area contributed by atoms with Crippen LogP contribution in [0.25, 0.3) is 0 Å². The Morgan fingerprint density at radius 2 is 1.73 bits per heavy atom. The van der Waals surface area contributed by atoms with Crippen LogP contribution in [-0.2, 0) is 4.79 Å². The van der Waals surface area contributed by atoms with Crippen LogP contribution in [0.4, 0.5) is 16.2 Å². The first-order chi connectivity index (χ1) is 12.5. The van der Waals surface area contributed by atoms with Gasteiger partial charge >= 0.3 is 6.03 Å². The minimum absolute atomic E-state index is 0.0718. The molecular weight excluding hydrogens is 330 g/mol. The molecule has 26 heavy (non-hydrogen) atoms. The van der Waals surface area contributed by atoms with Crippen LogP contribution in [0.5, 0.6) is 5.75 Å². The summed E-state index contributed by atoms with van der Waals surface area (Å²) in [6.07, 6.45) is 0.401. The van der Waals surface area contributed by atoms with E-state index in [1.165, 1.54) is 5.56 Å². The molecule has 0 atom stereocenters. The van der Waals surface area contributed by atoms with E-state index in [2.05, 4.69) is 16.0 Å². The van der Waals surface area contributed by atoms with Crippen molar-refractivity contribution >= 4 is 23.3 Å². The molecule has 0 radical (unpaired) electrons. The molecule has 0 saturated heterocycles. The van der Waals surface area contributed by atoms with Crippen LogP contribution in [0.2, 0.25) is 0 Å². The second-order valence-electron chi connectivity index (χ2n) is 5.97. The minimum Gasteiger partial charge on any atom is -0.492 e. The van der Waals surface area contributed by atoms with Crippen molar-refractivity contribution in [1.29, 1.82) is 0 Å². The number of amides is 3. The lowest BCUT2D eigenvalue weighted by Gasteiger charge is -2.12. The van der Waals surface area contributed by atoms with Crippen molar-refractivity contribution in [3.05, 3.63) is 53.6 Å². The summed E-state index contributed by atoms with van der Waals surface area (Å²) in [6, 6.07) is 12.8. The number of hydrogen-bond donors (Lipinski definition) is 3. The van der Waals surface area contributed by atoms with Crippen molar-refractivity contribution in [2.75, 3.05) is 23.8 Å². The van der Waals surface area contributed by atoms with Gasteiger partial charge in [0.05, 0.1) is 6.54 Å². The number of aryl methyl sites for hydroxylation is 2. The highest BCUT2D eigenvalue weighted by atomic mass is 16.5. The number of benzene rings is 2. The quantitative estimate of drug-likeness (QED) is 0.660. The predicted octanol–water partition coefficient (Wildman–Crippen LogP) is 3.85. The first kappa shape index (κ1) is 19.3. The maximum atomic E-state index is 12.0. The Kier molecular flexibility index (Phi) is 7.02. The van der Waals surface area contributed by atoms with Crippen molar-refractivity contribution in [3.63, 3.8) is 0 Å². The highest BCUT2D eigenvalue weighted by molar-refractivity contribution is 5.94. The van der Waals surface area contributed by atoms with Gasteiger partial charge in [0, 0.05) is 17.8 Å². The number of carbonyl (C=O) groups excluding carboxylic acids is 2. The Bertz CT molecular complexity index is 757. The largest absolute Gasteiger partial charge is 0.492 e. The highest BCUT2D eigenvalue weighted by Gasteiger charge is 2.07. The fourth-order valence-corrected chi connectivity index (χ4v) is 2.22. The van der Waals surface area contributed by atoms with Gasteiger partial charge in [0.25, 0.3) is 0 Å². The molecule has 2 rings (SSSR count). The summed E-state index contributed by atoms with van der Waals surface area (Å²) >= 11 is 0. The number of urea groups is 1. The van der Waals surface area contributed by atoms with Gasteiger partial charge < -0.3 is 20.7 Å². The molecule has 3 N–H and O–H groups in total. The van der Waals surface area contributed by atoms with Crippen molar-refractivity contribution in [1.82, 2.24) is 5.32 Å². The second-order valence-corrected chi connectivity index (χ2v) is 5.97. The smallest absolute Gasteiger partial charge is 0.319 e. The Labute approximate surface area is 153 Å². The third-order valence-corrected chi connectivity index (χ3v) is 3.77. The SMILES string of the molecule is CCC(=O)Nc1ccc(C)c(NC(=O)NCCOc2ccc(C)cc2)c1. The van der Waals surface area contributed by atoms with Crippen molar-refractivity contribution in [2.45, 2.75) is 27.2 Å². The van der Waals surface area contributed by atoms with E-state index < -0.39 is 0 Å². The van der Waals surface area contributed by atoms with Gasteiger partial charge in [-0.05, 0) is 43.7 Å². The third-order valence-electron chi connectivity index (χ3n) is 3.77. The van der Waals surface area contributed by atoms with Gasteiger partial charge in [-0.1, -0.05) is 30.7 Å². The summed E-state index contributed by atoms with van der Waals surface area (Å²) in [4.78, 5) is 23.5. The number of ether oxygens (including phenoxy) is 1. The van der Waals surface area contributed by atoms with Crippen molar-refractivity contribution < 1.29 is 14.3 Å². The van der Waals surface area contributed by atoms with Gasteiger partial charge in [-0.2, -0.15) is 0 Å². The molecular formula is C20H25N3O3. The van der Waals surface area contributed by atoms with E-state index in [1.54, 1.807) is 19.1 Å². The average molecular weight is 355 g/mol. The number of hydrogen-bond acceptors (Lipinski definition) is 3. The van der Waals surface area contributed by atoms with Crippen LogP contribution >= 0.6 is 0 Å². The maximum absolute atomic E-state index is 12.0. The van der Waals surface area contributed by atoms with E-state index in [-0.39, 0.29) is 11.9 Å². The first-order valence-corrected chi connectivity index (χ1v) is 8.62. The lowest BCUT2D eigenvalue weighted by molar-refractivity contribution is -0.115. The fourth-order valence-electron chi connectivity index (χ4n) is 2.22. The summed E-state index contributed by atoms with van der Waals surface area (Å²) in [6.45, 7) is 6.45. The molecule has 0 aliphatic heterocycles. The van der Waals surface area contributed by atoms with Crippen LogP contribution in [-0.4, -0.2) is 25.1 Å². The summed E-state index contributed by atoms with van der Waals surface area (Å²) < 4.78 is 5.57. The van der Waals surface area contributed by atoms with E-state index in [9.17, 15) is 9.59 Å². The van der Waals surface area contributed by atoms with Crippen LogP contribution in [0.15, 0.2) is 42.5 Å². The zero-order chi connectivity index (χ0) is 18.9. The molecule has 0 aliphatic rings. The van der Waals surface area contributed by atoms with Crippen LogP contribution < -0.4 is 20.7 Å². The van der Waals surface area contributed by atoms with Crippen LogP contribution in [0.1, 0.15) is 24.5 Å². The third kappa shape index (κ3) is 6.12. The molecule has 0 aliphatic carbocycles. The molecule has 6 nitrogen and oxygen atoms in total. The maximum Gasteiger partial charge on any atom is 0.319 e. The summed E-state index contributed by atoms with van der Waals surface area (Å²) in [7, 11) is 0. The van der Waals surface area contributed by atoms with E-state index in [0.717, 1.165) is 11.3 Å². The normalized spacial score (nSPS) is 10.1. The van der Waals surface area contributed by atoms with E-state index in [1.807, 2.05) is 44.2 Å². The minimum atomic E-state index is -0.320. The summed E-state index contributed by atoms with van der Waals surface area (Å²) in [5, 5.41) is 8.32.